The van der Waals surface area contributed by atoms with Gasteiger partial charge in [0.05, 0.1) is 0 Å². The molecular weight excluding hydrogens is 256 g/mol. The van der Waals surface area contributed by atoms with E-state index in [0.717, 1.165) is 29.7 Å². The van der Waals surface area contributed by atoms with Crippen molar-refractivity contribution in [1.29, 1.82) is 0 Å². The Balaban J connectivity index is 1.75. The molecule has 4 atom stereocenters. The van der Waals surface area contributed by atoms with Crippen LogP contribution >= 0.6 is 0 Å². The fraction of sp³-hybridized carbons (Fsp3) is 0.600. The first kappa shape index (κ1) is 13.4. The molecule has 2 fully saturated rings. The molecule has 21 heavy (non-hydrogen) atoms. The van der Waals surface area contributed by atoms with E-state index >= 15 is 0 Å². The molecule has 2 saturated carbocycles. The first-order chi connectivity index (χ1) is 10.0. The lowest BCUT2D eigenvalue weighted by Crippen LogP contribution is -2.40. The van der Waals surface area contributed by atoms with Gasteiger partial charge in [-0.15, -0.1) is 0 Å². The van der Waals surface area contributed by atoms with Gasteiger partial charge in [0.15, 0.2) is 0 Å². The van der Waals surface area contributed by atoms with Crippen LogP contribution in [0.15, 0.2) is 24.3 Å². The third-order valence-corrected chi connectivity index (χ3v) is 7.00. The van der Waals surface area contributed by atoms with E-state index in [0.29, 0.717) is 11.2 Å². The van der Waals surface area contributed by atoms with Crippen LogP contribution in [0, 0.1) is 24.2 Å². The third-order valence-electron chi connectivity index (χ3n) is 7.00. The van der Waals surface area contributed by atoms with Crippen molar-refractivity contribution in [1.82, 2.24) is 0 Å². The molecule has 0 aromatic heterocycles. The van der Waals surface area contributed by atoms with Crippen LogP contribution in [0.2, 0.25) is 0 Å². The lowest BCUT2D eigenvalue weighted by Gasteiger charge is -2.49. The first-order valence-electron chi connectivity index (χ1n) is 8.51. The smallest absolute Gasteiger partial charge is 0.118 e. The normalized spacial score (nSPS) is 37.8. The highest BCUT2D eigenvalue weighted by Crippen LogP contribution is 2.62. The van der Waals surface area contributed by atoms with Crippen molar-refractivity contribution in [2.45, 2.75) is 58.3 Å². The van der Waals surface area contributed by atoms with Crippen LogP contribution < -0.4 is 0 Å². The van der Waals surface area contributed by atoms with Crippen molar-refractivity contribution in [3.05, 3.63) is 41.0 Å². The molecule has 0 amide bonds. The SMILES string of the molecule is C=C1CCC2C3CCc4cc(O)c(C)cc4C3CC[C@]12C. The first-order valence-corrected chi connectivity index (χ1v) is 8.51. The highest BCUT2D eigenvalue weighted by atomic mass is 16.3. The molecule has 0 saturated heterocycles. The Morgan fingerprint density at radius 3 is 2.81 bits per heavy atom. The zero-order valence-corrected chi connectivity index (χ0v) is 13.3. The summed E-state index contributed by atoms with van der Waals surface area (Å²) in [5, 5.41) is 9.99. The number of phenols is 1. The van der Waals surface area contributed by atoms with E-state index in [1.807, 2.05) is 13.0 Å². The van der Waals surface area contributed by atoms with Crippen molar-refractivity contribution >= 4 is 0 Å². The molecule has 1 heteroatoms. The lowest BCUT2D eigenvalue weighted by atomic mass is 9.55. The predicted molar refractivity (Wildman–Crippen MR) is 86.6 cm³/mol. The van der Waals surface area contributed by atoms with E-state index in [9.17, 15) is 5.11 Å². The fourth-order valence-electron chi connectivity index (χ4n) is 5.63. The maximum atomic E-state index is 9.99. The Labute approximate surface area is 128 Å². The van der Waals surface area contributed by atoms with Gasteiger partial charge in [0.25, 0.3) is 0 Å². The number of allylic oxidation sites excluding steroid dienone is 1. The summed E-state index contributed by atoms with van der Waals surface area (Å²) >= 11 is 0. The summed E-state index contributed by atoms with van der Waals surface area (Å²) in [7, 11) is 0. The van der Waals surface area contributed by atoms with Gasteiger partial charge in [-0.3, -0.25) is 0 Å². The largest absolute Gasteiger partial charge is 0.508 e. The Hall–Kier alpha value is -1.24. The molecule has 0 radical (unpaired) electrons. The number of hydrogen-bond donors (Lipinski definition) is 1. The minimum absolute atomic E-state index is 0.407. The fourth-order valence-corrected chi connectivity index (χ4v) is 5.63. The number of phenolic OH excluding ortho intramolecular Hbond substituents is 1. The second-order valence-corrected chi connectivity index (χ2v) is 7.85. The molecule has 3 unspecified atom stereocenters. The molecule has 4 rings (SSSR count). The topological polar surface area (TPSA) is 20.2 Å². The maximum Gasteiger partial charge on any atom is 0.118 e. The molecule has 112 valence electrons. The van der Waals surface area contributed by atoms with E-state index in [1.165, 1.54) is 43.2 Å². The van der Waals surface area contributed by atoms with Crippen molar-refractivity contribution < 1.29 is 5.11 Å². The van der Waals surface area contributed by atoms with E-state index in [-0.39, 0.29) is 0 Å². The van der Waals surface area contributed by atoms with Gasteiger partial charge >= 0.3 is 0 Å². The van der Waals surface area contributed by atoms with Crippen LogP contribution in [0.3, 0.4) is 0 Å². The lowest BCUT2D eigenvalue weighted by molar-refractivity contribution is 0.0816. The molecule has 3 aliphatic carbocycles. The van der Waals surface area contributed by atoms with Crippen molar-refractivity contribution in [3.63, 3.8) is 0 Å². The second-order valence-electron chi connectivity index (χ2n) is 7.85. The Bertz CT molecular complexity index is 615. The molecule has 3 aliphatic rings. The van der Waals surface area contributed by atoms with E-state index in [2.05, 4.69) is 19.6 Å². The highest BCUT2D eigenvalue weighted by Gasteiger charge is 2.51. The average Bonchev–Trinajstić information content (AvgIpc) is 2.76. The number of fused-ring (bicyclic) bond motifs is 5. The molecule has 0 heterocycles. The van der Waals surface area contributed by atoms with Gasteiger partial charge in [-0.05, 0) is 91.4 Å². The maximum absolute atomic E-state index is 9.99. The minimum Gasteiger partial charge on any atom is -0.508 e. The zero-order valence-electron chi connectivity index (χ0n) is 13.3. The molecular formula is C20H26O. The standard InChI is InChI=1S/C20H26O/c1-12-10-17-14(11-19(12)21)5-6-16-15(17)8-9-20(3)13(2)4-7-18(16)20/h10-11,15-16,18,21H,2,4-9H2,1,3H3/t15?,16?,18?,20-/m1/s1. The van der Waals surface area contributed by atoms with Crippen molar-refractivity contribution in [2.75, 3.05) is 0 Å². The number of hydrogen-bond acceptors (Lipinski definition) is 1. The van der Waals surface area contributed by atoms with Gasteiger partial charge in [-0.2, -0.15) is 0 Å². The Morgan fingerprint density at radius 2 is 2.00 bits per heavy atom. The summed E-state index contributed by atoms with van der Waals surface area (Å²) < 4.78 is 0. The van der Waals surface area contributed by atoms with Crippen molar-refractivity contribution in [2.24, 2.45) is 17.3 Å². The number of rotatable bonds is 0. The molecule has 0 spiro atoms. The van der Waals surface area contributed by atoms with E-state index < -0.39 is 0 Å². The summed E-state index contributed by atoms with van der Waals surface area (Å²) in [5.74, 6) is 2.87. The predicted octanol–water partition coefficient (Wildman–Crippen LogP) is 5.11. The Kier molecular flexibility index (Phi) is 2.80. The summed E-state index contributed by atoms with van der Waals surface area (Å²) in [6.45, 7) is 8.89. The van der Waals surface area contributed by atoms with Gasteiger partial charge in [0.2, 0.25) is 0 Å². The quantitative estimate of drug-likeness (QED) is 0.655. The number of aryl methyl sites for hydroxylation is 2. The summed E-state index contributed by atoms with van der Waals surface area (Å²) in [6.07, 6.45) is 7.64. The summed E-state index contributed by atoms with van der Waals surface area (Å²) in [4.78, 5) is 0. The van der Waals surface area contributed by atoms with Gasteiger partial charge < -0.3 is 5.11 Å². The van der Waals surface area contributed by atoms with Crippen LogP contribution in [0.1, 0.15) is 61.6 Å². The zero-order chi connectivity index (χ0) is 14.8. The van der Waals surface area contributed by atoms with Crippen LogP contribution in [-0.4, -0.2) is 5.11 Å². The molecule has 0 aliphatic heterocycles. The molecule has 0 bridgehead atoms. The van der Waals surface area contributed by atoms with E-state index in [1.54, 1.807) is 5.56 Å². The number of benzene rings is 1. The molecule has 1 nitrogen and oxygen atoms in total. The highest BCUT2D eigenvalue weighted by molar-refractivity contribution is 5.45. The van der Waals surface area contributed by atoms with Gasteiger partial charge in [0, 0.05) is 0 Å². The third kappa shape index (κ3) is 1.76. The van der Waals surface area contributed by atoms with Gasteiger partial charge in [0.1, 0.15) is 5.75 Å². The Morgan fingerprint density at radius 1 is 1.19 bits per heavy atom. The van der Waals surface area contributed by atoms with Crippen molar-refractivity contribution in [3.8, 4) is 5.75 Å². The second kappa shape index (κ2) is 4.38. The summed E-state index contributed by atoms with van der Waals surface area (Å²) in [5.41, 5.74) is 5.91. The molecule has 1 N–H and O–H groups in total. The van der Waals surface area contributed by atoms with Crippen LogP contribution in [0.5, 0.6) is 5.75 Å². The van der Waals surface area contributed by atoms with Gasteiger partial charge in [-0.1, -0.05) is 25.1 Å². The molecule has 1 aromatic carbocycles. The van der Waals surface area contributed by atoms with Crippen LogP contribution in [-0.2, 0) is 6.42 Å². The summed E-state index contributed by atoms with van der Waals surface area (Å²) in [6, 6.07) is 4.30. The van der Waals surface area contributed by atoms with E-state index in [4.69, 9.17) is 0 Å². The molecule has 1 aromatic rings. The van der Waals surface area contributed by atoms with Gasteiger partial charge in [-0.25, -0.2) is 0 Å². The van der Waals surface area contributed by atoms with Crippen LogP contribution in [0.4, 0.5) is 0 Å². The van der Waals surface area contributed by atoms with Crippen LogP contribution in [0.25, 0.3) is 0 Å². The minimum atomic E-state index is 0.407. The monoisotopic (exact) mass is 282 g/mol. The average molecular weight is 282 g/mol. The number of aromatic hydroxyl groups is 1.